The van der Waals surface area contributed by atoms with Gasteiger partial charge in [-0.2, -0.15) is 5.10 Å². The van der Waals surface area contributed by atoms with Gasteiger partial charge in [0.05, 0.1) is 17.6 Å². The van der Waals surface area contributed by atoms with Crippen molar-refractivity contribution in [3.63, 3.8) is 0 Å². The normalized spacial score (nSPS) is 11.6. The summed E-state index contributed by atoms with van der Waals surface area (Å²) in [6.07, 6.45) is 3.18. The molecule has 142 valence electrons. The molecule has 0 amide bonds. The molecule has 2 N–H and O–H groups in total. The summed E-state index contributed by atoms with van der Waals surface area (Å²) in [6.45, 7) is 3.56. The molecular weight excluding hydrogens is 360 g/mol. The SMILES string of the molecule is Cc1ccccc1-c1nn(-c2ccccc2)cc1CNCCNS(C)(=O)=O. The molecule has 0 unspecified atom stereocenters. The summed E-state index contributed by atoms with van der Waals surface area (Å²) in [5.74, 6) is 0. The van der Waals surface area contributed by atoms with Gasteiger partial charge in [0.1, 0.15) is 0 Å². The highest BCUT2D eigenvalue weighted by Gasteiger charge is 2.13. The number of aromatic nitrogens is 2. The molecule has 0 aliphatic heterocycles. The van der Waals surface area contributed by atoms with Crippen molar-refractivity contribution in [2.75, 3.05) is 19.3 Å². The second-order valence-corrected chi connectivity index (χ2v) is 8.27. The van der Waals surface area contributed by atoms with Crippen LogP contribution in [0.5, 0.6) is 0 Å². The van der Waals surface area contributed by atoms with Gasteiger partial charge >= 0.3 is 0 Å². The number of benzene rings is 2. The van der Waals surface area contributed by atoms with Crippen molar-refractivity contribution in [3.05, 3.63) is 71.9 Å². The Morgan fingerprint density at radius 2 is 1.70 bits per heavy atom. The maximum Gasteiger partial charge on any atom is 0.208 e. The molecule has 1 aromatic heterocycles. The topological polar surface area (TPSA) is 76.0 Å². The molecule has 3 aromatic rings. The Balaban J connectivity index is 1.83. The lowest BCUT2D eigenvalue weighted by Crippen LogP contribution is -2.30. The Kier molecular flexibility index (Phi) is 6.05. The first-order valence-corrected chi connectivity index (χ1v) is 10.7. The van der Waals surface area contributed by atoms with E-state index in [1.165, 1.54) is 0 Å². The highest BCUT2D eigenvalue weighted by molar-refractivity contribution is 7.88. The zero-order chi connectivity index (χ0) is 19.3. The van der Waals surface area contributed by atoms with Crippen molar-refractivity contribution in [1.29, 1.82) is 0 Å². The summed E-state index contributed by atoms with van der Waals surface area (Å²) in [5, 5.41) is 8.10. The van der Waals surface area contributed by atoms with Crippen LogP contribution >= 0.6 is 0 Å². The van der Waals surface area contributed by atoms with Gasteiger partial charge in [-0.1, -0.05) is 42.5 Å². The van der Waals surface area contributed by atoms with Gasteiger partial charge in [-0.25, -0.2) is 17.8 Å². The van der Waals surface area contributed by atoms with Gasteiger partial charge in [0.25, 0.3) is 0 Å². The van der Waals surface area contributed by atoms with Crippen molar-refractivity contribution in [2.45, 2.75) is 13.5 Å². The van der Waals surface area contributed by atoms with E-state index in [0.717, 1.165) is 34.3 Å². The molecule has 0 bridgehead atoms. The zero-order valence-corrected chi connectivity index (χ0v) is 16.3. The minimum Gasteiger partial charge on any atom is -0.311 e. The quantitative estimate of drug-likeness (QED) is 0.585. The van der Waals surface area contributed by atoms with Crippen LogP contribution in [0.2, 0.25) is 0 Å². The summed E-state index contributed by atoms with van der Waals surface area (Å²) in [4.78, 5) is 0. The van der Waals surface area contributed by atoms with Crippen molar-refractivity contribution in [2.24, 2.45) is 0 Å². The van der Waals surface area contributed by atoms with Crippen LogP contribution in [-0.4, -0.2) is 37.5 Å². The van der Waals surface area contributed by atoms with Gasteiger partial charge in [0, 0.05) is 37.0 Å². The molecular formula is C20H24N4O2S. The van der Waals surface area contributed by atoms with E-state index >= 15 is 0 Å². The number of nitrogens with zero attached hydrogens (tertiary/aromatic N) is 2. The molecule has 0 aliphatic carbocycles. The molecule has 0 atom stereocenters. The van der Waals surface area contributed by atoms with E-state index in [-0.39, 0.29) is 0 Å². The minimum atomic E-state index is -3.16. The first-order valence-electron chi connectivity index (χ1n) is 8.79. The lowest BCUT2D eigenvalue weighted by molar-refractivity contribution is 0.582. The number of nitrogens with one attached hydrogen (secondary N) is 2. The zero-order valence-electron chi connectivity index (χ0n) is 15.5. The second-order valence-electron chi connectivity index (χ2n) is 6.44. The number of sulfonamides is 1. The van der Waals surface area contributed by atoms with Crippen LogP contribution in [-0.2, 0) is 16.6 Å². The molecule has 0 saturated carbocycles. The first kappa shape index (κ1) is 19.3. The van der Waals surface area contributed by atoms with Crippen LogP contribution in [0.25, 0.3) is 16.9 Å². The fourth-order valence-electron chi connectivity index (χ4n) is 2.87. The molecule has 27 heavy (non-hydrogen) atoms. The first-order chi connectivity index (χ1) is 12.9. The van der Waals surface area contributed by atoms with Crippen molar-refractivity contribution >= 4 is 10.0 Å². The van der Waals surface area contributed by atoms with Crippen LogP contribution in [0.15, 0.2) is 60.8 Å². The Morgan fingerprint density at radius 3 is 2.41 bits per heavy atom. The summed E-state index contributed by atoms with van der Waals surface area (Å²) in [7, 11) is -3.16. The highest BCUT2D eigenvalue weighted by atomic mass is 32.2. The van der Waals surface area contributed by atoms with Crippen LogP contribution in [0.1, 0.15) is 11.1 Å². The molecule has 3 rings (SSSR count). The van der Waals surface area contributed by atoms with Crippen LogP contribution in [0, 0.1) is 6.92 Å². The van der Waals surface area contributed by atoms with Crippen molar-refractivity contribution < 1.29 is 8.42 Å². The van der Waals surface area contributed by atoms with E-state index in [2.05, 4.69) is 29.1 Å². The molecule has 0 fully saturated rings. The number of rotatable bonds is 8. The van der Waals surface area contributed by atoms with Gasteiger partial charge in [0.15, 0.2) is 0 Å². The molecule has 0 radical (unpaired) electrons. The van der Waals surface area contributed by atoms with Crippen LogP contribution in [0.4, 0.5) is 0 Å². The standard InChI is InChI=1S/C20H24N4O2S/c1-16-8-6-7-11-19(16)20-17(14-21-12-13-22-27(2,25)26)15-24(23-20)18-9-4-3-5-10-18/h3-11,15,21-22H,12-14H2,1-2H3. The van der Waals surface area contributed by atoms with E-state index in [0.29, 0.717) is 19.6 Å². The monoisotopic (exact) mass is 384 g/mol. The predicted molar refractivity (Wildman–Crippen MR) is 108 cm³/mol. The average molecular weight is 385 g/mol. The predicted octanol–water partition coefficient (Wildman–Crippen LogP) is 2.49. The van der Waals surface area contributed by atoms with Gasteiger partial charge in [0.2, 0.25) is 10.0 Å². The number of hydrogen-bond donors (Lipinski definition) is 2. The Hall–Kier alpha value is -2.48. The summed E-state index contributed by atoms with van der Waals surface area (Å²) in [5.41, 5.74) is 5.25. The number of aryl methyl sites for hydroxylation is 1. The highest BCUT2D eigenvalue weighted by Crippen LogP contribution is 2.26. The Labute approximate surface area is 160 Å². The molecule has 6 nitrogen and oxygen atoms in total. The smallest absolute Gasteiger partial charge is 0.208 e. The van der Waals surface area contributed by atoms with Crippen molar-refractivity contribution in [3.8, 4) is 16.9 Å². The fraction of sp³-hybridized carbons (Fsp3) is 0.250. The number of hydrogen-bond acceptors (Lipinski definition) is 4. The molecule has 0 aliphatic rings. The van der Waals surface area contributed by atoms with Crippen molar-refractivity contribution in [1.82, 2.24) is 19.8 Å². The van der Waals surface area contributed by atoms with Crippen LogP contribution in [0.3, 0.4) is 0 Å². The average Bonchev–Trinajstić information content (AvgIpc) is 3.05. The maximum absolute atomic E-state index is 11.1. The lowest BCUT2D eigenvalue weighted by Gasteiger charge is -2.07. The van der Waals surface area contributed by atoms with Gasteiger partial charge in [-0.05, 0) is 24.6 Å². The largest absolute Gasteiger partial charge is 0.311 e. The molecule has 1 heterocycles. The third-order valence-electron chi connectivity index (χ3n) is 4.19. The third kappa shape index (κ3) is 5.26. The van der Waals surface area contributed by atoms with Crippen LogP contribution < -0.4 is 10.0 Å². The number of para-hydroxylation sites is 1. The Bertz CT molecular complexity index is 998. The maximum atomic E-state index is 11.1. The van der Waals surface area contributed by atoms with E-state index < -0.39 is 10.0 Å². The second kappa shape index (κ2) is 8.47. The fourth-order valence-corrected chi connectivity index (χ4v) is 3.34. The molecule has 7 heteroatoms. The minimum absolute atomic E-state index is 0.353. The van der Waals surface area contributed by atoms with E-state index in [4.69, 9.17) is 5.10 Å². The van der Waals surface area contributed by atoms with Gasteiger partial charge in [-0.3, -0.25) is 0 Å². The van der Waals surface area contributed by atoms with Gasteiger partial charge in [-0.15, -0.1) is 0 Å². The third-order valence-corrected chi connectivity index (χ3v) is 4.92. The molecule has 2 aromatic carbocycles. The summed E-state index contributed by atoms with van der Waals surface area (Å²) in [6, 6.07) is 18.2. The summed E-state index contributed by atoms with van der Waals surface area (Å²) < 4.78 is 26.7. The molecule has 0 saturated heterocycles. The van der Waals surface area contributed by atoms with E-state index in [9.17, 15) is 8.42 Å². The lowest BCUT2D eigenvalue weighted by atomic mass is 10.0. The van der Waals surface area contributed by atoms with E-state index in [1.54, 1.807) is 0 Å². The molecule has 0 spiro atoms. The Morgan fingerprint density at radius 1 is 1.00 bits per heavy atom. The van der Waals surface area contributed by atoms with Gasteiger partial charge < -0.3 is 5.32 Å². The van der Waals surface area contributed by atoms with E-state index in [1.807, 2.05) is 53.3 Å². The summed E-state index contributed by atoms with van der Waals surface area (Å²) >= 11 is 0.